The molecule has 4 rings (SSSR count). The van der Waals surface area contributed by atoms with Crippen LogP contribution in [0.5, 0.6) is 0 Å². The average Bonchev–Trinajstić information content (AvgIpc) is 2.80. The Balaban J connectivity index is 1.57. The Bertz CT molecular complexity index is 1320. The molecule has 172 valence electrons. The van der Waals surface area contributed by atoms with Gasteiger partial charge in [0.25, 0.3) is 5.91 Å². The van der Waals surface area contributed by atoms with Crippen molar-refractivity contribution in [2.45, 2.75) is 50.0 Å². The van der Waals surface area contributed by atoms with Crippen LogP contribution in [-0.2, 0) is 32.4 Å². The van der Waals surface area contributed by atoms with Gasteiger partial charge in [-0.2, -0.15) is 0 Å². The van der Waals surface area contributed by atoms with E-state index in [9.17, 15) is 18.0 Å². The van der Waals surface area contributed by atoms with Gasteiger partial charge in [-0.15, -0.1) is 0 Å². The Labute approximate surface area is 192 Å². The molecule has 1 amide bonds. The fraction of sp³-hybridized carbons (Fsp3) is 0.292. The first-order chi connectivity index (χ1) is 15.8. The van der Waals surface area contributed by atoms with Gasteiger partial charge in [-0.3, -0.25) is 9.78 Å². The van der Waals surface area contributed by atoms with E-state index in [1.54, 1.807) is 6.92 Å². The molecule has 1 atom stereocenters. The standard InChI is InChI=1S/C24H25N3O5S/c1-2-21(23(28)26-15-11-13-16(14-12-15)33(25,30)31)32-24(29)22-17-7-3-5-9-19(17)27-20-10-6-4-8-18(20)22/h3,5,7,9,11-14,21H,2,4,6,8,10H2,1H3,(H,26,28)(H2,25,30,31)/t21-/m1/s1. The van der Waals surface area contributed by atoms with Crippen molar-refractivity contribution < 1.29 is 22.7 Å². The molecule has 0 unspecified atom stereocenters. The van der Waals surface area contributed by atoms with E-state index >= 15 is 0 Å². The second kappa shape index (κ2) is 9.29. The molecule has 3 N–H and O–H groups in total. The van der Waals surface area contributed by atoms with E-state index in [2.05, 4.69) is 5.32 Å². The molecule has 3 aromatic rings. The largest absolute Gasteiger partial charge is 0.449 e. The predicted molar refractivity (Wildman–Crippen MR) is 124 cm³/mol. The summed E-state index contributed by atoms with van der Waals surface area (Å²) < 4.78 is 28.5. The highest BCUT2D eigenvalue weighted by molar-refractivity contribution is 7.89. The summed E-state index contributed by atoms with van der Waals surface area (Å²) in [7, 11) is -3.83. The smallest absolute Gasteiger partial charge is 0.339 e. The number of hydrogen-bond donors (Lipinski definition) is 2. The van der Waals surface area contributed by atoms with Gasteiger partial charge in [0.1, 0.15) is 0 Å². The van der Waals surface area contributed by atoms with Crippen molar-refractivity contribution in [1.82, 2.24) is 4.98 Å². The summed E-state index contributed by atoms with van der Waals surface area (Å²) in [4.78, 5) is 30.8. The maximum atomic E-state index is 13.3. The number of benzene rings is 2. The minimum atomic E-state index is -3.83. The molecule has 9 heteroatoms. The second-order valence-electron chi connectivity index (χ2n) is 8.00. The summed E-state index contributed by atoms with van der Waals surface area (Å²) in [5, 5.41) is 8.48. The van der Waals surface area contributed by atoms with Crippen LogP contribution in [0.25, 0.3) is 10.9 Å². The third-order valence-corrected chi connectivity index (χ3v) is 6.67. The van der Waals surface area contributed by atoms with Crippen LogP contribution >= 0.6 is 0 Å². The quantitative estimate of drug-likeness (QED) is 0.535. The lowest BCUT2D eigenvalue weighted by atomic mass is 9.90. The Kier molecular flexibility index (Phi) is 6.44. The first-order valence-corrected chi connectivity index (χ1v) is 12.4. The fourth-order valence-corrected chi connectivity index (χ4v) is 4.58. The second-order valence-corrected chi connectivity index (χ2v) is 9.56. The molecule has 0 saturated heterocycles. The van der Waals surface area contributed by atoms with Crippen molar-refractivity contribution in [3.05, 3.63) is 65.4 Å². The summed E-state index contributed by atoms with van der Waals surface area (Å²) in [6.07, 6.45) is 2.82. The molecule has 2 aromatic carbocycles. The van der Waals surface area contributed by atoms with Crippen LogP contribution in [0.3, 0.4) is 0 Å². The molecule has 0 spiro atoms. The van der Waals surface area contributed by atoms with E-state index in [1.807, 2.05) is 24.3 Å². The molecule has 0 radical (unpaired) electrons. The first kappa shape index (κ1) is 22.9. The zero-order valence-electron chi connectivity index (χ0n) is 18.2. The van der Waals surface area contributed by atoms with Crippen molar-refractivity contribution in [3.63, 3.8) is 0 Å². The van der Waals surface area contributed by atoms with E-state index in [0.29, 0.717) is 11.3 Å². The van der Waals surface area contributed by atoms with Crippen LogP contribution < -0.4 is 10.5 Å². The number of primary sulfonamides is 1. The maximum Gasteiger partial charge on any atom is 0.339 e. The lowest BCUT2D eigenvalue weighted by Crippen LogP contribution is -2.32. The van der Waals surface area contributed by atoms with Gasteiger partial charge in [-0.1, -0.05) is 25.1 Å². The molecular weight excluding hydrogens is 442 g/mol. The van der Waals surface area contributed by atoms with Crippen LogP contribution in [0.4, 0.5) is 5.69 Å². The number of sulfonamides is 1. The van der Waals surface area contributed by atoms with Crippen LogP contribution in [0.2, 0.25) is 0 Å². The average molecular weight is 468 g/mol. The summed E-state index contributed by atoms with van der Waals surface area (Å²) in [5.41, 5.74) is 3.41. The van der Waals surface area contributed by atoms with Crippen molar-refractivity contribution in [2.75, 3.05) is 5.32 Å². The SMILES string of the molecule is CC[C@@H](OC(=O)c1c2c(nc3ccccc13)CCCC2)C(=O)Nc1ccc(S(N)(=O)=O)cc1. The van der Waals surface area contributed by atoms with Gasteiger partial charge in [-0.25, -0.2) is 18.4 Å². The maximum absolute atomic E-state index is 13.3. The molecule has 1 heterocycles. The predicted octanol–water partition coefficient (Wildman–Crippen LogP) is 3.34. The summed E-state index contributed by atoms with van der Waals surface area (Å²) >= 11 is 0. The molecule has 33 heavy (non-hydrogen) atoms. The highest BCUT2D eigenvalue weighted by Gasteiger charge is 2.28. The van der Waals surface area contributed by atoms with Gasteiger partial charge < -0.3 is 10.1 Å². The summed E-state index contributed by atoms with van der Waals surface area (Å²) in [5.74, 6) is -1.04. The fourth-order valence-electron chi connectivity index (χ4n) is 4.07. The number of nitrogens with one attached hydrogen (secondary N) is 1. The van der Waals surface area contributed by atoms with Gasteiger partial charge in [-0.05, 0) is 68.0 Å². The highest BCUT2D eigenvalue weighted by atomic mass is 32.2. The van der Waals surface area contributed by atoms with Crippen molar-refractivity contribution >= 4 is 38.5 Å². The number of nitrogens with zero attached hydrogens (tertiary/aromatic N) is 1. The van der Waals surface area contributed by atoms with Gasteiger partial charge in [0.2, 0.25) is 10.0 Å². The van der Waals surface area contributed by atoms with Gasteiger partial charge in [0, 0.05) is 16.8 Å². The number of fused-ring (bicyclic) bond motifs is 2. The number of nitrogens with two attached hydrogens (primary N) is 1. The van der Waals surface area contributed by atoms with Gasteiger partial charge >= 0.3 is 5.97 Å². The number of carbonyl (C=O) groups excluding carboxylic acids is 2. The third-order valence-electron chi connectivity index (χ3n) is 5.74. The van der Waals surface area contributed by atoms with Crippen molar-refractivity contribution in [3.8, 4) is 0 Å². The molecule has 8 nitrogen and oxygen atoms in total. The Morgan fingerprint density at radius 1 is 1.09 bits per heavy atom. The molecular formula is C24H25N3O5S. The van der Waals surface area contributed by atoms with E-state index in [1.165, 1.54) is 24.3 Å². The lowest BCUT2D eigenvalue weighted by molar-refractivity contribution is -0.124. The minimum absolute atomic E-state index is 0.0618. The molecule has 0 fully saturated rings. The Hall–Kier alpha value is -3.30. The van der Waals surface area contributed by atoms with E-state index in [-0.39, 0.29) is 11.3 Å². The van der Waals surface area contributed by atoms with E-state index in [0.717, 1.165) is 47.8 Å². The van der Waals surface area contributed by atoms with Crippen LogP contribution in [0.15, 0.2) is 53.4 Å². The number of esters is 1. The van der Waals surface area contributed by atoms with Crippen molar-refractivity contribution in [2.24, 2.45) is 5.14 Å². The number of aryl methyl sites for hydroxylation is 1. The van der Waals surface area contributed by atoms with Crippen LogP contribution in [0, 0.1) is 0 Å². The lowest BCUT2D eigenvalue weighted by Gasteiger charge is -2.22. The molecule has 1 aliphatic rings. The van der Waals surface area contributed by atoms with Gasteiger partial charge in [0.05, 0.1) is 16.0 Å². The molecule has 0 bridgehead atoms. The first-order valence-electron chi connectivity index (χ1n) is 10.8. The Morgan fingerprint density at radius 2 is 1.79 bits per heavy atom. The summed E-state index contributed by atoms with van der Waals surface area (Å²) in [6, 6.07) is 12.9. The number of para-hydroxylation sites is 1. The Morgan fingerprint density at radius 3 is 2.48 bits per heavy atom. The normalized spacial score (nSPS) is 14.4. The zero-order chi connectivity index (χ0) is 23.6. The van der Waals surface area contributed by atoms with Crippen LogP contribution in [-0.4, -0.2) is 31.4 Å². The monoisotopic (exact) mass is 467 g/mol. The summed E-state index contributed by atoms with van der Waals surface area (Å²) in [6.45, 7) is 1.75. The molecule has 1 aromatic heterocycles. The highest BCUT2D eigenvalue weighted by Crippen LogP contribution is 2.30. The van der Waals surface area contributed by atoms with Gasteiger partial charge in [0.15, 0.2) is 6.10 Å². The molecule has 0 saturated carbocycles. The number of hydrogen-bond acceptors (Lipinski definition) is 6. The van der Waals surface area contributed by atoms with E-state index in [4.69, 9.17) is 14.9 Å². The minimum Gasteiger partial charge on any atom is -0.449 e. The number of carbonyl (C=O) groups is 2. The number of rotatable bonds is 6. The van der Waals surface area contributed by atoms with Crippen molar-refractivity contribution in [1.29, 1.82) is 0 Å². The van der Waals surface area contributed by atoms with Crippen LogP contribution in [0.1, 0.15) is 47.8 Å². The van der Waals surface area contributed by atoms with E-state index < -0.39 is 28.0 Å². The topological polar surface area (TPSA) is 128 Å². The number of aromatic nitrogens is 1. The molecule has 0 aliphatic heterocycles. The third kappa shape index (κ3) is 4.89. The number of ether oxygens (including phenoxy) is 1. The number of anilines is 1. The molecule has 1 aliphatic carbocycles. The zero-order valence-corrected chi connectivity index (χ0v) is 19.0. The number of amides is 1. The number of pyridine rings is 1.